The molecule has 0 bridgehead atoms. The number of piperidine rings is 1. The average molecular weight is 305 g/mol. The van der Waals surface area contributed by atoms with Gasteiger partial charge in [0.2, 0.25) is 0 Å². The zero-order valence-electron chi connectivity index (χ0n) is 14.1. The summed E-state index contributed by atoms with van der Waals surface area (Å²) in [6.45, 7) is 0. The van der Waals surface area contributed by atoms with Gasteiger partial charge < -0.3 is 0 Å². The van der Waals surface area contributed by atoms with Crippen molar-refractivity contribution in [2.24, 2.45) is 5.92 Å². The Balaban J connectivity index is 1.70. The van der Waals surface area contributed by atoms with E-state index in [2.05, 4.69) is 72.6 Å². The van der Waals surface area contributed by atoms with Crippen molar-refractivity contribution in [1.82, 2.24) is 4.90 Å². The van der Waals surface area contributed by atoms with Crippen LogP contribution in [0.1, 0.15) is 55.2 Å². The highest BCUT2D eigenvalue weighted by Gasteiger charge is 2.42. The Kier molecular flexibility index (Phi) is 4.22. The maximum atomic E-state index is 2.69. The number of benzene rings is 2. The second-order valence-electron chi connectivity index (χ2n) is 7.36. The Morgan fingerprint density at radius 2 is 1.39 bits per heavy atom. The third-order valence-corrected chi connectivity index (χ3v) is 6.20. The van der Waals surface area contributed by atoms with E-state index in [1.165, 1.54) is 37.7 Å². The van der Waals surface area contributed by atoms with Crippen molar-refractivity contribution < 1.29 is 0 Å². The Hall–Kier alpha value is -1.60. The molecule has 1 nitrogen and oxygen atoms in total. The zero-order chi connectivity index (χ0) is 15.6. The lowest BCUT2D eigenvalue weighted by molar-refractivity contribution is 0.0200. The number of nitrogens with zero attached hydrogens (tertiary/aromatic N) is 1. The van der Waals surface area contributed by atoms with Crippen LogP contribution in [0.25, 0.3) is 0 Å². The molecule has 2 aromatic carbocycles. The molecular weight excluding hydrogens is 278 g/mol. The van der Waals surface area contributed by atoms with Crippen LogP contribution in [-0.4, -0.2) is 18.0 Å². The van der Waals surface area contributed by atoms with Crippen LogP contribution >= 0.6 is 0 Å². The van der Waals surface area contributed by atoms with Gasteiger partial charge in [0.15, 0.2) is 0 Å². The van der Waals surface area contributed by atoms with E-state index in [4.69, 9.17) is 0 Å². The molecule has 0 amide bonds. The summed E-state index contributed by atoms with van der Waals surface area (Å²) in [5.74, 6) is 1.54. The minimum Gasteiger partial charge on any atom is -0.296 e. The first-order valence-electron chi connectivity index (χ1n) is 9.16. The summed E-state index contributed by atoms with van der Waals surface area (Å²) in [7, 11) is 2.36. The van der Waals surface area contributed by atoms with Gasteiger partial charge in [0, 0.05) is 12.1 Å². The number of fused-ring (bicyclic) bond motifs is 1. The first-order chi connectivity index (χ1) is 11.3. The van der Waals surface area contributed by atoms with E-state index < -0.39 is 0 Å². The molecule has 1 aliphatic carbocycles. The lowest BCUT2D eigenvalue weighted by Gasteiger charge is -2.51. The quantitative estimate of drug-likeness (QED) is 0.717. The van der Waals surface area contributed by atoms with E-state index in [0.717, 1.165) is 12.0 Å². The van der Waals surface area contributed by atoms with Crippen molar-refractivity contribution in [2.45, 2.75) is 50.1 Å². The van der Waals surface area contributed by atoms with Gasteiger partial charge in [-0.05, 0) is 49.3 Å². The third-order valence-electron chi connectivity index (χ3n) is 6.20. The van der Waals surface area contributed by atoms with Gasteiger partial charge in [0.25, 0.3) is 0 Å². The molecule has 120 valence electrons. The molecule has 1 aliphatic heterocycles. The van der Waals surface area contributed by atoms with Gasteiger partial charge in [-0.2, -0.15) is 0 Å². The summed E-state index contributed by atoms with van der Waals surface area (Å²) in [5, 5.41) is 0. The second kappa shape index (κ2) is 6.49. The monoisotopic (exact) mass is 305 g/mol. The molecule has 4 rings (SSSR count). The summed E-state index contributed by atoms with van der Waals surface area (Å²) in [6, 6.07) is 23.7. The highest BCUT2D eigenvalue weighted by molar-refractivity contribution is 5.26. The van der Waals surface area contributed by atoms with E-state index in [1.807, 2.05) is 0 Å². The molecule has 0 radical (unpaired) electrons. The Labute approximate surface area is 140 Å². The van der Waals surface area contributed by atoms with Crippen LogP contribution in [0.2, 0.25) is 0 Å². The molecule has 1 saturated heterocycles. The van der Waals surface area contributed by atoms with Crippen LogP contribution in [0.5, 0.6) is 0 Å². The average Bonchev–Trinajstić information content (AvgIpc) is 2.64. The normalized spacial score (nSPS) is 31.5. The van der Waals surface area contributed by atoms with Crippen molar-refractivity contribution >= 4 is 0 Å². The fraction of sp³-hybridized carbons (Fsp3) is 0.455. The predicted octanol–water partition coefficient (Wildman–Crippen LogP) is 5.41. The smallest absolute Gasteiger partial charge is 0.0354 e. The minimum atomic E-state index is 0.556. The topological polar surface area (TPSA) is 3.24 Å². The van der Waals surface area contributed by atoms with Crippen molar-refractivity contribution in [3.8, 4) is 0 Å². The fourth-order valence-corrected chi connectivity index (χ4v) is 5.06. The van der Waals surface area contributed by atoms with Crippen molar-refractivity contribution in [3.63, 3.8) is 0 Å². The molecule has 2 aliphatic rings. The Bertz CT molecular complexity index is 621. The molecule has 2 aromatic rings. The van der Waals surface area contributed by atoms with Gasteiger partial charge >= 0.3 is 0 Å². The third kappa shape index (κ3) is 2.83. The molecule has 4 unspecified atom stereocenters. The molecule has 0 aromatic heterocycles. The van der Waals surface area contributed by atoms with E-state index in [1.54, 1.807) is 5.56 Å². The maximum absolute atomic E-state index is 2.69. The molecule has 0 spiro atoms. The van der Waals surface area contributed by atoms with Crippen LogP contribution in [0.15, 0.2) is 60.7 Å². The number of hydrogen-bond acceptors (Lipinski definition) is 1. The van der Waals surface area contributed by atoms with Crippen molar-refractivity contribution in [1.29, 1.82) is 0 Å². The van der Waals surface area contributed by atoms with Gasteiger partial charge in [-0.25, -0.2) is 0 Å². The summed E-state index contributed by atoms with van der Waals surface area (Å²) < 4.78 is 0. The maximum Gasteiger partial charge on any atom is 0.0354 e. The van der Waals surface area contributed by atoms with E-state index in [0.29, 0.717) is 12.0 Å². The lowest BCUT2D eigenvalue weighted by atomic mass is 9.67. The molecule has 1 heteroatoms. The molecule has 0 N–H and O–H groups in total. The second-order valence-corrected chi connectivity index (χ2v) is 7.36. The molecule has 1 saturated carbocycles. The fourth-order valence-electron chi connectivity index (χ4n) is 5.06. The van der Waals surface area contributed by atoms with Crippen LogP contribution in [-0.2, 0) is 0 Å². The standard InChI is InChI=1S/C22H27N/c1-23-21-15-9-8-14-19(21)20(17-10-4-2-5-11-17)16-22(23)18-12-6-3-7-13-18/h2-7,10-13,19-22H,8-9,14-16H2,1H3. The Morgan fingerprint density at radius 3 is 2.09 bits per heavy atom. The molecule has 1 heterocycles. The van der Waals surface area contributed by atoms with Crippen LogP contribution in [0.3, 0.4) is 0 Å². The van der Waals surface area contributed by atoms with Crippen LogP contribution < -0.4 is 0 Å². The van der Waals surface area contributed by atoms with Crippen LogP contribution in [0.4, 0.5) is 0 Å². The first kappa shape index (κ1) is 15.0. The number of rotatable bonds is 2. The minimum absolute atomic E-state index is 0.556. The molecular formula is C22H27N. The molecule has 23 heavy (non-hydrogen) atoms. The van der Waals surface area contributed by atoms with Crippen molar-refractivity contribution in [3.05, 3.63) is 71.8 Å². The predicted molar refractivity (Wildman–Crippen MR) is 96.5 cm³/mol. The van der Waals surface area contributed by atoms with Gasteiger partial charge in [0.1, 0.15) is 0 Å². The summed E-state index contributed by atoms with van der Waals surface area (Å²) in [6.07, 6.45) is 6.83. The van der Waals surface area contributed by atoms with E-state index >= 15 is 0 Å². The summed E-state index contributed by atoms with van der Waals surface area (Å²) >= 11 is 0. The van der Waals surface area contributed by atoms with Crippen molar-refractivity contribution in [2.75, 3.05) is 7.05 Å². The van der Waals surface area contributed by atoms with Gasteiger partial charge in [-0.3, -0.25) is 4.90 Å². The van der Waals surface area contributed by atoms with Gasteiger partial charge in [-0.15, -0.1) is 0 Å². The molecule has 2 fully saturated rings. The number of hydrogen-bond donors (Lipinski definition) is 0. The van der Waals surface area contributed by atoms with Crippen LogP contribution in [0, 0.1) is 5.92 Å². The lowest BCUT2D eigenvalue weighted by Crippen LogP contribution is -2.49. The highest BCUT2D eigenvalue weighted by Crippen LogP contribution is 2.49. The van der Waals surface area contributed by atoms with Gasteiger partial charge in [0.05, 0.1) is 0 Å². The Morgan fingerprint density at radius 1 is 0.783 bits per heavy atom. The largest absolute Gasteiger partial charge is 0.296 e. The highest BCUT2D eigenvalue weighted by atomic mass is 15.2. The van der Waals surface area contributed by atoms with Gasteiger partial charge in [-0.1, -0.05) is 73.5 Å². The summed E-state index contributed by atoms with van der Waals surface area (Å²) in [5.41, 5.74) is 3.04. The van der Waals surface area contributed by atoms with E-state index in [-0.39, 0.29) is 0 Å². The SMILES string of the molecule is CN1C(c2ccccc2)CC(c2ccccc2)C2CCCCC21. The number of likely N-dealkylation sites (tertiary alicyclic amines) is 1. The zero-order valence-corrected chi connectivity index (χ0v) is 14.1. The van der Waals surface area contributed by atoms with E-state index in [9.17, 15) is 0 Å². The summed E-state index contributed by atoms with van der Waals surface area (Å²) in [4.78, 5) is 2.69. The molecule has 4 atom stereocenters. The first-order valence-corrected chi connectivity index (χ1v) is 9.16.